The molecule has 0 radical (unpaired) electrons. The lowest BCUT2D eigenvalue weighted by Gasteiger charge is -2.08. The maximum absolute atomic E-state index is 12.2. The third-order valence-electron chi connectivity index (χ3n) is 3.22. The van der Waals surface area contributed by atoms with Gasteiger partial charge in [-0.2, -0.15) is 0 Å². The summed E-state index contributed by atoms with van der Waals surface area (Å²) in [6, 6.07) is 5.15. The van der Waals surface area contributed by atoms with Crippen LogP contribution in [0.25, 0.3) is 0 Å². The Morgan fingerprint density at radius 2 is 2.00 bits per heavy atom. The summed E-state index contributed by atoms with van der Waals surface area (Å²) in [6.45, 7) is 4.20. The Morgan fingerprint density at radius 1 is 1.25 bits per heavy atom. The third kappa shape index (κ3) is 3.46. The van der Waals surface area contributed by atoms with E-state index in [0.717, 1.165) is 16.8 Å². The lowest BCUT2D eigenvalue weighted by molar-refractivity contribution is 0.581. The Balaban J connectivity index is 2.02. The summed E-state index contributed by atoms with van der Waals surface area (Å²) in [5.74, 6) is 0. The van der Waals surface area contributed by atoms with E-state index in [9.17, 15) is 8.42 Å². The van der Waals surface area contributed by atoms with Gasteiger partial charge in [0.2, 0.25) is 10.0 Å². The number of nitrogens with zero attached hydrogens (tertiary/aromatic N) is 2. The van der Waals surface area contributed by atoms with Gasteiger partial charge in [-0.25, -0.2) is 18.1 Å². The molecule has 1 heterocycles. The summed E-state index contributed by atoms with van der Waals surface area (Å²) < 4.78 is 28.8. The largest absolute Gasteiger partial charge is 0.340 e. The number of aromatic nitrogens is 2. The molecule has 0 saturated heterocycles. The fourth-order valence-electron chi connectivity index (χ4n) is 1.87. The van der Waals surface area contributed by atoms with E-state index in [1.807, 2.05) is 37.7 Å². The highest BCUT2D eigenvalue weighted by Gasteiger charge is 2.14. The zero-order valence-corrected chi connectivity index (χ0v) is 12.7. The van der Waals surface area contributed by atoms with Crippen molar-refractivity contribution in [3.63, 3.8) is 0 Å². The van der Waals surface area contributed by atoms with Crippen molar-refractivity contribution in [2.75, 3.05) is 6.54 Å². The van der Waals surface area contributed by atoms with Crippen molar-refractivity contribution < 1.29 is 8.42 Å². The minimum absolute atomic E-state index is 0.307. The summed E-state index contributed by atoms with van der Waals surface area (Å²) in [5, 5.41) is 0. The first kappa shape index (κ1) is 14.7. The van der Waals surface area contributed by atoms with E-state index in [-0.39, 0.29) is 0 Å². The summed E-state index contributed by atoms with van der Waals surface area (Å²) in [7, 11) is -1.56. The van der Waals surface area contributed by atoms with Crippen LogP contribution in [-0.2, 0) is 23.5 Å². The van der Waals surface area contributed by atoms with Gasteiger partial charge in [-0.15, -0.1) is 0 Å². The lowest BCUT2D eigenvalue weighted by Crippen LogP contribution is -2.26. The molecule has 0 aliphatic carbocycles. The number of hydrogen-bond acceptors (Lipinski definition) is 3. The zero-order chi connectivity index (χ0) is 14.8. The van der Waals surface area contributed by atoms with E-state index < -0.39 is 10.0 Å². The maximum atomic E-state index is 12.2. The first-order valence-electron chi connectivity index (χ1n) is 6.42. The van der Waals surface area contributed by atoms with E-state index >= 15 is 0 Å². The second-order valence-corrected chi connectivity index (χ2v) is 6.69. The molecular weight excluding hydrogens is 274 g/mol. The number of sulfonamides is 1. The van der Waals surface area contributed by atoms with Crippen LogP contribution in [0.2, 0.25) is 0 Å². The molecule has 0 amide bonds. The van der Waals surface area contributed by atoms with Crippen LogP contribution in [-0.4, -0.2) is 24.5 Å². The van der Waals surface area contributed by atoms with Crippen molar-refractivity contribution >= 4 is 10.0 Å². The fraction of sp³-hybridized carbons (Fsp3) is 0.357. The van der Waals surface area contributed by atoms with Gasteiger partial charge in [-0.05, 0) is 37.1 Å². The van der Waals surface area contributed by atoms with Crippen LogP contribution in [0.15, 0.2) is 35.6 Å². The van der Waals surface area contributed by atoms with Crippen LogP contribution in [0.5, 0.6) is 0 Å². The summed E-state index contributed by atoms with van der Waals surface area (Å²) in [5.41, 5.74) is 2.92. The molecule has 0 saturated carbocycles. The molecular formula is C14H19N3O2S. The van der Waals surface area contributed by atoms with Crippen molar-refractivity contribution in [1.29, 1.82) is 0 Å². The molecule has 0 fully saturated rings. The highest BCUT2D eigenvalue weighted by molar-refractivity contribution is 7.89. The molecule has 0 spiro atoms. The number of nitrogens with one attached hydrogen (secondary N) is 1. The highest BCUT2D eigenvalue weighted by atomic mass is 32.2. The molecule has 0 aliphatic rings. The van der Waals surface area contributed by atoms with Gasteiger partial charge in [0, 0.05) is 26.2 Å². The van der Waals surface area contributed by atoms with Crippen molar-refractivity contribution in [1.82, 2.24) is 14.3 Å². The van der Waals surface area contributed by atoms with E-state index in [0.29, 0.717) is 17.9 Å². The average molecular weight is 293 g/mol. The van der Waals surface area contributed by atoms with E-state index in [4.69, 9.17) is 0 Å². The van der Waals surface area contributed by atoms with Crippen molar-refractivity contribution in [3.8, 4) is 0 Å². The summed E-state index contributed by atoms with van der Waals surface area (Å²) in [4.78, 5) is 4.47. The van der Waals surface area contributed by atoms with Crippen molar-refractivity contribution in [2.24, 2.45) is 7.05 Å². The predicted molar refractivity (Wildman–Crippen MR) is 78.0 cm³/mol. The molecule has 2 aromatic rings. The Labute approximate surface area is 119 Å². The first-order chi connectivity index (χ1) is 9.38. The van der Waals surface area contributed by atoms with Gasteiger partial charge >= 0.3 is 0 Å². The molecule has 1 aromatic heterocycles. The quantitative estimate of drug-likeness (QED) is 0.910. The Morgan fingerprint density at radius 3 is 2.60 bits per heavy atom. The topological polar surface area (TPSA) is 64.0 Å². The molecule has 108 valence electrons. The SMILES string of the molecule is Cc1ccc(S(=O)(=O)NCCc2cn(C)cn2)cc1C. The molecule has 0 bridgehead atoms. The van der Waals surface area contributed by atoms with Gasteiger partial charge in [0.05, 0.1) is 16.9 Å². The second-order valence-electron chi connectivity index (χ2n) is 4.92. The number of hydrogen-bond donors (Lipinski definition) is 1. The smallest absolute Gasteiger partial charge is 0.240 e. The highest BCUT2D eigenvalue weighted by Crippen LogP contribution is 2.14. The molecule has 0 unspecified atom stereocenters. The molecule has 5 nitrogen and oxygen atoms in total. The summed E-state index contributed by atoms with van der Waals surface area (Å²) >= 11 is 0. The van der Waals surface area contributed by atoms with Gasteiger partial charge in [-0.1, -0.05) is 6.07 Å². The maximum Gasteiger partial charge on any atom is 0.240 e. The second kappa shape index (κ2) is 5.76. The number of imidazole rings is 1. The van der Waals surface area contributed by atoms with Gasteiger partial charge < -0.3 is 4.57 Å². The van der Waals surface area contributed by atoms with Gasteiger partial charge in [-0.3, -0.25) is 0 Å². The van der Waals surface area contributed by atoms with Gasteiger partial charge in [0.25, 0.3) is 0 Å². The molecule has 20 heavy (non-hydrogen) atoms. The lowest BCUT2D eigenvalue weighted by atomic mass is 10.1. The fourth-order valence-corrected chi connectivity index (χ4v) is 2.99. The van der Waals surface area contributed by atoms with Crippen LogP contribution in [0, 0.1) is 13.8 Å². The van der Waals surface area contributed by atoms with Gasteiger partial charge in [0.1, 0.15) is 0 Å². The Kier molecular flexibility index (Phi) is 4.25. The summed E-state index contributed by atoms with van der Waals surface area (Å²) in [6.07, 6.45) is 4.16. The molecule has 1 N–H and O–H groups in total. The van der Waals surface area contributed by atoms with E-state index in [1.165, 1.54) is 0 Å². The van der Waals surface area contributed by atoms with Gasteiger partial charge in [0.15, 0.2) is 0 Å². The Hall–Kier alpha value is -1.66. The minimum Gasteiger partial charge on any atom is -0.340 e. The minimum atomic E-state index is -3.45. The monoisotopic (exact) mass is 293 g/mol. The van der Waals surface area contributed by atoms with Crippen LogP contribution in [0.1, 0.15) is 16.8 Å². The number of rotatable bonds is 5. The molecule has 6 heteroatoms. The van der Waals surface area contributed by atoms with E-state index in [2.05, 4.69) is 9.71 Å². The third-order valence-corrected chi connectivity index (χ3v) is 4.68. The zero-order valence-electron chi connectivity index (χ0n) is 11.9. The van der Waals surface area contributed by atoms with Crippen molar-refractivity contribution in [3.05, 3.63) is 47.5 Å². The average Bonchev–Trinajstić information content (AvgIpc) is 2.78. The molecule has 0 atom stereocenters. The normalized spacial score (nSPS) is 11.8. The Bertz CT molecular complexity index is 705. The van der Waals surface area contributed by atoms with Crippen molar-refractivity contribution in [2.45, 2.75) is 25.2 Å². The van der Waals surface area contributed by atoms with Crippen LogP contribution < -0.4 is 4.72 Å². The molecule has 0 aliphatic heterocycles. The number of aryl methyl sites for hydroxylation is 3. The standard InChI is InChI=1S/C14H19N3O2S/c1-11-4-5-14(8-12(11)2)20(18,19)16-7-6-13-9-17(3)10-15-13/h4-5,8-10,16H,6-7H2,1-3H3. The molecule has 2 rings (SSSR count). The predicted octanol–water partition coefficient (Wildman–Crippen LogP) is 1.56. The number of benzene rings is 1. The van der Waals surface area contributed by atoms with Crippen LogP contribution in [0.3, 0.4) is 0 Å². The molecule has 1 aromatic carbocycles. The van der Waals surface area contributed by atoms with E-state index in [1.54, 1.807) is 18.5 Å². The first-order valence-corrected chi connectivity index (χ1v) is 7.90. The van der Waals surface area contributed by atoms with Crippen LogP contribution in [0.4, 0.5) is 0 Å². The van der Waals surface area contributed by atoms with Crippen LogP contribution >= 0.6 is 0 Å².